The number of benzene rings is 2. The highest BCUT2D eigenvalue weighted by Crippen LogP contribution is 2.35. The Hall–Kier alpha value is -3.05. The van der Waals surface area contributed by atoms with E-state index in [1.807, 2.05) is 48.6 Å². The summed E-state index contributed by atoms with van der Waals surface area (Å²) in [6, 6.07) is 16.3. The van der Waals surface area contributed by atoms with Gasteiger partial charge in [0.05, 0.1) is 10.6 Å². The lowest BCUT2D eigenvalue weighted by Gasteiger charge is -2.13. The third-order valence-electron chi connectivity index (χ3n) is 5.03. The molecule has 4 nitrogen and oxygen atoms in total. The fraction of sp³-hybridized carbons (Fsp3) is 0.200. The molecule has 0 N–H and O–H groups in total. The zero-order valence-electron chi connectivity index (χ0n) is 17.3. The summed E-state index contributed by atoms with van der Waals surface area (Å²) in [5, 5.41) is 1.87. The Balaban J connectivity index is 1.73. The monoisotopic (exact) mass is 415 g/mol. The van der Waals surface area contributed by atoms with E-state index in [4.69, 9.17) is 4.99 Å². The maximum Gasteiger partial charge on any atom is 0.266 e. The molecule has 1 aromatic heterocycles. The molecule has 0 saturated carbocycles. The van der Waals surface area contributed by atoms with Crippen LogP contribution in [0.1, 0.15) is 24.5 Å². The number of aryl methyl sites for hydroxylation is 1. The van der Waals surface area contributed by atoms with Crippen molar-refractivity contribution in [2.24, 2.45) is 4.99 Å². The average Bonchev–Trinajstić information content (AvgIpc) is 3.23. The maximum atomic E-state index is 13.2. The van der Waals surface area contributed by atoms with Crippen molar-refractivity contribution in [2.45, 2.75) is 26.8 Å². The first-order chi connectivity index (χ1) is 14.6. The van der Waals surface area contributed by atoms with Gasteiger partial charge in [0.1, 0.15) is 0 Å². The molecule has 5 heteroatoms. The van der Waals surface area contributed by atoms with Crippen LogP contribution >= 0.6 is 11.8 Å². The SMILES string of the molecule is C=CCn1cc(/C=C2/SC(=Nc3ccc(C)cc3)N(CCC)C2=O)c2ccccc21. The summed E-state index contributed by atoms with van der Waals surface area (Å²) in [5.41, 5.74) is 4.23. The average molecular weight is 416 g/mol. The van der Waals surface area contributed by atoms with E-state index >= 15 is 0 Å². The molecule has 0 bridgehead atoms. The van der Waals surface area contributed by atoms with E-state index in [1.54, 1.807) is 4.90 Å². The predicted molar refractivity (Wildman–Crippen MR) is 128 cm³/mol. The third kappa shape index (κ3) is 3.98. The van der Waals surface area contributed by atoms with Crippen LogP contribution in [0.15, 0.2) is 77.3 Å². The Labute approximate surface area is 181 Å². The number of allylic oxidation sites excluding steroid dienone is 1. The van der Waals surface area contributed by atoms with Crippen molar-refractivity contribution in [3.8, 4) is 0 Å². The van der Waals surface area contributed by atoms with Gasteiger partial charge in [-0.25, -0.2) is 4.99 Å². The lowest BCUT2D eigenvalue weighted by molar-refractivity contribution is -0.122. The van der Waals surface area contributed by atoms with Gasteiger partial charge in [-0.3, -0.25) is 9.69 Å². The summed E-state index contributed by atoms with van der Waals surface area (Å²) in [5.74, 6) is 0.0215. The number of hydrogen-bond donors (Lipinski definition) is 0. The predicted octanol–water partition coefficient (Wildman–Crippen LogP) is 6.15. The Kier molecular flexibility index (Phi) is 5.91. The van der Waals surface area contributed by atoms with Gasteiger partial charge in [-0.05, 0) is 49.4 Å². The normalized spacial score (nSPS) is 16.9. The Morgan fingerprint density at radius 3 is 2.63 bits per heavy atom. The number of hydrogen-bond acceptors (Lipinski definition) is 3. The molecule has 30 heavy (non-hydrogen) atoms. The van der Waals surface area contributed by atoms with E-state index in [-0.39, 0.29) is 5.91 Å². The molecule has 1 aliphatic rings. The number of rotatable bonds is 6. The Morgan fingerprint density at radius 2 is 1.90 bits per heavy atom. The van der Waals surface area contributed by atoms with Gasteiger partial charge >= 0.3 is 0 Å². The fourth-order valence-electron chi connectivity index (χ4n) is 3.56. The summed E-state index contributed by atoms with van der Waals surface area (Å²) < 4.78 is 2.16. The van der Waals surface area contributed by atoms with Crippen LogP contribution in [0.3, 0.4) is 0 Å². The molecular weight excluding hydrogens is 390 g/mol. The van der Waals surface area contributed by atoms with Gasteiger partial charge in [0.15, 0.2) is 5.17 Å². The number of aliphatic imine (C=N–C) groups is 1. The number of amides is 1. The molecule has 0 aliphatic carbocycles. The number of carbonyl (C=O) groups is 1. The van der Waals surface area contributed by atoms with Crippen molar-refractivity contribution in [3.05, 3.63) is 83.4 Å². The summed E-state index contributed by atoms with van der Waals surface area (Å²) in [6.07, 6.45) is 6.85. The van der Waals surface area contributed by atoms with Crippen LogP contribution in [0.5, 0.6) is 0 Å². The molecular formula is C25H25N3OS. The van der Waals surface area contributed by atoms with Gasteiger partial charge in [0, 0.05) is 35.8 Å². The van der Waals surface area contributed by atoms with Crippen molar-refractivity contribution in [2.75, 3.05) is 6.54 Å². The summed E-state index contributed by atoms with van der Waals surface area (Å²) in [6.45, 7) is 9.37. The zero-order chi connectivity index (χ0) is 21.1. The van der Waals surface area contributed by atoms with Gasteiger partial charge in [0.25, 0.3) is 5.91 Å². The molecule has 1 saturated heterocycles. The van der Waals surface area contributed by atoms with E-state index in [0.717, 1.165) is 40.3 Å². The van der Waals surface area contributed by atoms with Crippen molar-refractivity contribution >= 4 is 45.5 Å². The first-order valence-electron chi connectivity index (χ1n) is 10.2. The number of thioether (sulfide) groups is 1. The highest BCUT2D eigenvalue weighted by atomic mass is 32.2. The number of carbonyl (C=O) groups excluding carboxylic acids is 1. The number of nitrogens with zero attached hydrogens (tertiary/aromatic N) is 3. The Bertz CT molecular complexity index is 1150. The van der Waals surface area contributed by atoms with E-state index in [2.05, 4.69) is 43.3 Å². The smallest absolute Gasteiger partial charge is 0.266 e. The zero-order valence-corrected chi connectivity index (χ0v) is 18.2. The highest BCUT2D eigenvalue weighted by molar-refractivity contribution is 8.18. The minimum atomic E-state index is 0.0215. The number of para-hydroxylation sites is 1. The van der Waals surface area contributed by atoms with Crippen molar-refractivity contribution in [1.29, 1.82) is 0 Å². The minimum Gasteiger partial charge on any atom is -0.343 e. The van der Waals surface area contributed by atoms with Crippen molar-refractivity contribution in [1.82, 2.24) is 9.47 Å². The maximum absolute atomic E-state index is 13.2. The summed E-state index contributed by atoms with van der Waals surface area (Å²) in [7, 11) is 0. The lowest BCUT2D eigenvalue weighted by Crippen LogP contribution is -2.29. The Morgan fingerprint density at radius 1 is 1.13 bits per heavy atom. The topological polar surface area (TPSA) is 37.6 Å². The van der Waals surface area contributed by atoms with E-state index in [0.29, 0.717) is 11.4 Å². The molecule has 1 aliphatic heterocycles. The van der Waals surface area contributed by atoms with Crippen molar-refractivity contribution in [3.63, 3.8) is 0 Å². The first-order valence-corrected chi connectivity index (χ1v) is 11.0. The standard InChI is InChI=1S/C25H25N3OS/c1-4-14-27-17-19(21-8-6-7-9-22(21)27)16-23-24(29)28(15-5-2)25(30-23)26-20-12-10-18(3)11-13-20/h4,6-13,16-17H,1,5,14-15H2,2-3H3/b23-16+,26-25?. The van der Waals surface area contributed by atoms with E-state index in [1.165, 1.54) is 17.3 Å². The molecule has 2 aromatic carbocycles. The van der Waals surface area contributed by atoms with Gasteiger partial charge in [0.2, 0.25) is 0 Å². The minimum absolute atomic E-state index is 0.0215. The molecule has 1 amide bonds. The molecule has 3 aromatic rings. The van der Waals surface area contributed by atoms with Crippen LogP contribution in [0.4, 0.5) is 5.69 Å². The van der Waals surface area contributed by atoms with Crippen LogP contribution in [0, 0.1) is 6.92 Å². The van der Waals surface area contributed by atoms with Gasteiger partial charge < -0.3 is 4.57 Å². The summed E-state index contributed by atoms with van der Waals surface area (Å²) >= 11 is 1.45. The number of amidine groups is 1. The van der Waals surface area contributed by atoms with Gasteiger partial charge in [-0.15, -0.1) is 6.58 Å². The highest BCUT2D eigenvalue weighted by Gasteiger charge is 2.33. The second-order valence-corrected chi connectivity index (χ2v) is 8.35. The second-order valence-electron chi connectivity index (χ2n) is 7.34. The van der Waals surface area contributed by atoms with Crippen LogP contribution in [0.25, 0.3) is 17.0 Å². The number of fused-ring (bicyclic) bond motifs is 1. The van der Waals surface area contributed by atoms with E-state index in [9.17, 15) is 4.79 Å². The molecule has 1 fully saturated rings. The largest absolute Gasteiger partial charge is 0.343 e. The van der Waals surface area contributed by atoms with Gasteiger partial charge in [-0.2, -0.15) is 0 Å². The fourth-order valence-corrected chi connectivity index (χ4v) is 4.58. The van der Waals surface area contributed by atoms with Crippen LogP contribution < -0.4 is 0 Å². The molecule has 4 rings (SSSR count). The molecule has 0 atom stereocenters. The van der Waals surface area contributed by atoms with E-state index < -0.39 is 0 Å². The van der Waals surface area contributed by atoms with Gasteiger partial charge in [-0.1, -0.05) is 48.9 Å². The van der Waals surface area contributed by atoms with Crippen LogP contribution in [-0.4, -0.2) is 27.1 Å². The van der Waals surface area contributed by atoms with Crippen LogP contribution in [0.2, 0.25) is 0 Å². The number of aromatic nitrogens is 1. The van der Waals surface area contributed by atoms with Crippen LogP contribution in [-0.2, 0) is 11.3 Å². The molecule has 0 spiro atoms. The summed E-state index contributed by atoms with van der Waals surface area (Å²) in [4.78, 5) is 20.4. The lowest BCUT2D eigenvalue weighted by atomic mass is 10.1. The first kappa shape index (κ1) is 20.2. The van der Waals surface area contributed by atoms with Crippen molar-refractivity contribution < 1.29 is 4.79 Å². The molecule has 0 radical (unpaired) electrons. The molecule has 2 heterocycles. The molecule has 152 valence electrons. The quantitative estimate of drug-likeness (QED) is 0.358. The third-order valence-corrected chi connectivity index (χ3v) is 6.03. The molecule has 0 unspecified atom stereocenters. The second kappa shape index (κ2) is 8.76.